The summed E-state index contributed by atoms with van der Waals surface area (Å²) in [5.74, 6) is -3.90. The van der Waals surface area contributed by atoms with Crippen LogP contribution in [0.2, 0.25) is 0 Å². The smallest absolute Gasteiger partial charge is 0.338 e. The predicted octanol–water partition coefficient (Wildman–Crippen LogP) is 0.881. The first-order chi connectivity index (χ1) is 19.4. The first kappa shape index (κ1) is 29.6. The first-order valence-corrected chi connectivity index (χ1v) is 13.2. The van der Waals surface area contributed by atoms with Gasteiger partial charge in [0, 0.05) is 13.8 Å². The zero-order valence-corrected chi connectivity index (χ0v) is 23.1. The molecule has 4 unspecified atom stereocenters. The molecule has 4 rings (SSSR count). The third-order valence-corrected chi connectivity index (χ3v) is 8.09. The van der Waals surface area contributed by atoms with Crippen molar-refractivity contribution >= 4 is 48.0 Å². The molecule has 0 saturated carbocycles. The number of carbonyl (C=O) groups is 6. The normalized spacial score (nSPS) is 24.4. The van der Waals surface area contributed by atoms with Gasteiger partial charge in [-0.05, 0) is 30.7 Å². The molecule has 216 valence electrons. The molecule has 0 aliphatic carbocycles. The number of carbonyl (C=O) groups excluding carboxylic acids is 6. The molecule has 2 heterocycles. The largest absolute Gasteiger partial charge is 0.461 e. The van der Waals surface area contributed by atoms with E-state index in [1.165, 1.54) is 23.1 Å². The van der Waals surface area contributed by atoms with Gasteiger partial charge in [0.15, 0.2) is 17.2 Å². The highest BCUT2D eigenvalue weighted by atomic mass is 32.2. The molecule has 2 saturated heterocycles. The number of hydrogen-bond acceptors (Lipinski definition) is 12. The van der Waals surface area contributed by atoms with Gasteiger partial charge in [0.1, 0.15) is 24.6 Å². The number of esters is 4. The summed E-state index contributed by atoms with van der Waals surface area (Å²) in [4.78, 5) is 74.6. The number of ether oxygens (including phenoxy) is 4. The standard InChI is InChI=1S/C27H27N3O10S/c1-15(32)39-19-10-9-18(11-20(19)40-16(2)33)22(34)38-13-26(3)21(23(35)37-12-17-7-5-4-6-8-17)30-24(36)27(28,29-14-31)25(30)41-26/h4-11,14,21,25H,12-13,28H2,1-3H3,(H,29,31). The van der Waals surface area contributed by atoms with Crippen LogP contribution in [0.1, 0.15) is 36.7 Å². The van der Waals surface area contributed by atoms with Crippen molar-refractivity contribution in [1.29, 1.82) is 0 Å². The Balaban J connectivity index is 1.55. The van der Waals surface area contributed by atoms with E-state index >= 15 is 0 Å². The Morgan fingerprint density at radius 1 is 1.02 bits per heavy atom. The Kier molecular flexibility index (Phi) is 8.35. The zero-order chi connectivity index (χ0) is 29.9. The Morgan fingerprint density at radius 2 is 1.68 bits per heavy atom. The summed E-state index contributed by atoms with van der Waals surface area (Å²) in [6.45, 7) is 3.49. The van der Waals surface area contributed by atoms with Gasteiger partial charge in [0.25, 0.3) is 5.91 Å². The van der Waals surface area contributed by atoms with Crippen LogP contribution in [0, 0.1) is 0 Å². The molecule has 41 heavy (non-hydrogen) atoms. The van der Waals surface area contributed by atoms with E-state index in [4.69, 9.17) is 24.7 Å². The summed E-state index contributed by atoms with van der Waals surface area (Å²) in [6, 6.07) is 11.5. The molecule has 0 aromatic heterocycles. The molecule has 2 aliphatic heterocycles. The van der Waals surface area contributed by atoms with Crippen LogP contribution in [0.25, 0.3) is 0 Å². The van der Waals surface area contributed by atoms with Crippen LogP contribution in [0.15, 0.2) is 48.5 Å². The number of benzene rings is 2. The van der Waals surface area contributed by atoms with Gasteiger partial charge in [0.2, 0.25) is 6.41 Å². The molecule has 2 aromatic rings. The lowest BCUT2D eigenvalue weighted by atomic mass is 9.91. The lowest BCUT2D eigenvalue weighted by Gasteiger charge is -2.50. The van der Waals surface area contributed by atoms with Crippen molar-refractivity contribution in [3.63, 3.8) is 0 Å². The van der Waals surface area contributed by atoms with Crippen molar-refractivity contribution in [2.45, 2.75) is 49.2 Å². The van der Waals surface area contributed by atoms with Gasteiger partial charge in [-0.15, -0.1) is 11.8 Å². The molecule has 13 nitrogen and oxygen atoms in total. The van der Waals surface area contributed by atoms with Gasteiger partial charge >= 0.3 is 23.9 Å². The van der Waals surface area contributed by atoms with Crippen LogP contribution >= 0.6 is 11.8 Å². The van der Waals surface area contributed by atoms with Crippen LogP contribution in [-0.4, -0.2) is 69.5 Å². The van der Waals surface area contributed by atoms with E-state index in [2.05, 4.69) is 5.32 Å². The summed E-state index contributed by atoms with van der Waals surface area (Å²) in [5, 5.41) is 1.48. The molecule has 2 fully saturated rings. The summed E-state index contributed by atoms with van der Waals surface area (Å²) >= 11 is 1.08. The van der Waals surface area contributed by atoms with E-state index < -0.39 is 51.6 Å². The third kappa shape index (κ3) is 5.88. The molecule has 14 heteroatoms. The SMILES string of the molecule is CC(=O)Oc1ccc(C(=O)OCC2(C)SC3N(C(=O)C3(N)NC=O)C2C(=O)OCc2ccccc2)cc1OC(C)=O. The number of nitrogens with zero attached hydrogens (tertiary/aromatic N) is 1. The molecule has 0 bridgehead atoms. The van der Waals surface area contributed by atoms with Gasteiger partial charge in [-0.1, -0.05) is 30.3 Å². The van der Waals surface area contributed by atoms with E-state index in [0.29, 0.717) is 6.41 Å². The number of amides is 2. The van der Waals surface area contributed by atoms with E-state index in [9.17, 15) is 28.8 Å². The summed E-state index contributed by atoms with van der Waals surface area (Å²) in [5.41, 5.74) is 5.08. The predicted molar refractivity (Wildman–Crippen MR) is 142 cm³/mol. The van der Waals surface area contributed by atoms with Crippen LogP contribution in [0.3, 0.4) is 0 Å². The second-order valence-corrected chi connectivity index (χ2v) is 11.2. The lowest BCUT2D eigenvalue weighted by Crippen LogP contribution is -2.83. The number of rotatable bonds is 10. The number of β-lactam (4-membered cyclic amide) rings is 1. The van der Waals surface area contributed by atoms with Crippen molar-refractivity contribution in [2.24, 2.45) is 5.73 Å². The first-order valence-electron chi connectivity index (χ1n) is 12.3. The van der Waals surface area contributed by atoms with Crippen molar-refractivity contribution in [3.8, 4) is 11.5 Å². The Morgan fingerprint density at radius 3 is 2.32 bits per heavy atom. The lowest BCUT2D eigenvalue weighted by molar-refractivity contribution is -0.171. The van der Waals surface area contributed by atoms with Gasteiger partial charge < -0.3 is 29.2 Å². The Bertz CT molecular complexity index is 1400. The van der Waals surface area contributed by atoms with Gasteiger partial charge in [-0.3, -0.25) is 24.9 Å². The molecule has 2 amide bonds. The van der Waals surface area contributed by atoms with Crippen molar-refractivity contribution in [1.82, 2.24) is 10.2 Å². The summed E-state index contributed by atoms with van der Waals surface area (Å²) in [7, 11) is 0. The van der Waals surface area contributed by atoms with Gasteiger partial charge in [-0.2, -0.15) is 0 Å². The van der Waals surface area contributed by atoms with Crippen LogP contribution in [-0.2, 0) is 40.1 Å². The zero-order valence-electron chi connectivity index (χ0n) is 22.3. The number of nitrogens with two attached hydrogens (primary N) is 1. The monoisotopic (exact) mass is 585 g/mol. The average molecular weight is 586 g/mol. The maximum atomic E-state index is 13.3. The van der Waals surface area contributed by atoms with Gasteiger partial charge in [0.05, 0.1) is 10.3 Å². The average Bonchev–Trinajstić information content (AvgIpc) is 3.23. The van der Waals surface area contributed by atoms with Crippen LogP contribution in [0.4, 0.5) is 0 Å². The highest BCUT2D eigenvalue weighted by Crippen LogP contribution is 2.53. The van der Waals surface area contributed by atoms with Gasteiger partial charge in [-0.25, -0.2) is 9.59 Å². The second-order valence-electron chi connectivity index (χ2n) is 9.55. The summed E-state index contributed by atoms with van der Waals surface area (Å²) in [6.07, 6.45) is 0.300. The molecule has 3 N–H and O–H groups in total. The second kappa shape index (κ2) is 11.6. The van der Waals surface area contributed by atoms with Crippen LogP contribution < -0.4 is 20.5 Å². The van der Waals surface area contributed by atoms with Crippen molar-refractivity contribution in [3.05, 3.63) is 59.7 Å². The summed E-state index contributed by atoms with van der Waals surface area (Å²) < 4.78 is 19.9. The van der Waals surface area contributed by atoms with E-state index in [-0.39, 0.29) is 30.3 Å². The molecule has 0 spiro atoms. The molecular formula is C27H27N3O10S. The minimum absolute atomic E-state index is 0.0397. The Labute approximate surface area is 238 Å². The maximum Gasteiger partial charge on any atom is 0.338 e. The van der Waals surface area contributed by atoms with E-state index in [1.807, 2.05) is 6.07 Å². The topological polar surface area (TPSA) is 181 Å². The quantitative estimate of drug-likeness (QED) is 0.132. The van der Waals surface area contributed by atoms with E-state index in [1.54, 1.807) is 31.2 Å². The maximum absolute atomic E-state index is 13.3. The number of fused-ring (bicyclic) bond motifs is 1. The Hall–Kier alpha value is -4.43. The fourth-order valence-electron chi connectivity index (χ4n) is 4.51. The minimum atomic E-state index is -1.75. The van der Waals surface area contributed by atoms with Crippen molar-refractivity contribution < 1.29 is 47.7 Å². The highest BCUT2D eigenvalue weighted by molar-refractivity contribution is 8.01. The number of hydrogen-bond donors (Lipinski definition) is 2. The number of thioether (sulfide) groups is 1. The fraction of sp³-hybridized carbons (Fsp3) is 0.333. The minimum Gasteiger partial charge on any atom is -0.461 e. The molecule has 2 aliphatic rings. The molecule has 2 aromatic carbocycles. The van der Waals surface area contributed by atoms with Crippen molar-refractivity contribution in [2.75, 3.05) is 6.61 Å². The molecule has 0 radical (unpaired) electrons. The third-order valence-electron chi connectivity index (χ3n) is 6.39. The van der Waals surface area contributed by atoms with E-state index in [0.717, 1.165) is 31.2 Å². The molecule has 4 atom stereocenters. The highest BCUT2D eigenvalue weighted by Gasteiger charge is 2.72. The molecular weight excluding hydrogens is 558 g/mol. The number of nitrogens with one attached hydrogen (secondary N) is 1. The fourth-order valence-corrected chi connectivity index (χ4v) is 6.17. The van der Waals surface area contributed by atoms with Crippen LogP contribution in [0.5, 0.6) is 11.5 Å².